The molecule has 1 aliphatic rings. The molecule has 2 aromatic heterocycles. The van der Waals surface area contributed by atoms with E-state index < -0.39 is 11.9 Å². The lowest BCUT2D eigenvalue weighted by atomic mass is 10.1. The highest BCUT2D eigenvalue weighted by Gasteiger charge is 2.33. The first-order valence-corrected chi connectivity index (χ1v) is 10.4. The summed E-state index contributed by atoms with van der Waals surface area (Å²) < 4.78 is 39.6. The van der Waals surface area contributed by atoms with Gasteiger partial charge in [0, 0.05) is 18.2 Å². The standard InChI is InChI=1S/C22H28F3N5/c1-4-6-7-13-26-20-16(5-2)19(17-9-8-10-18(28-17)22(23,24)25)29-21(30-20)27-14(3)15-11-12-15/h4,6,8-10,14-15H,5,7,11-13H2,1-3H3,(H2,26,27,29,30). The molecule has 3 rings (SSSR count). The fraction of sp³-hybridized carbons (Fsp3) is 0.500. The molecular weight excluding hydrogens is 391 g/mol. The third-order valence-electron chi connectivity index (χ3n) is 5.17. The van der Waals surface area contributed by atoms with Gasteiger partial charge in [0.1, 0.15) is 11.5 Å². The van der Waals surface area contributed by atoms with E-state index in [9.17, 15) is 13.2 Å². The molecule has 0 aromatic carbocycles. The van der Waals surface area contributed by atoms with Crippen molar-refractivity contribution in [3.05, 3.63) is 41.6 Å². The molecule has 1 saturated carbocycles. The second kappa shape index (κ2) is 9.45. The summed E-state index contributed by atoms with van der Waals surface area (Å²) in [5, 5.41) is 6.65. The van der Waals surface area contributed by atoms with Gasteiger partial charge in [-0.3, -0.25) is 0 Å². The van der Waals surface area contributed by atoms with Crippen LogP contribution in [-0.4, -0.2) is 27.5 Å². The third-order valence-corrected chi connectivity index (χ3v) is 5.17. The van der Waals surface area contributed by atoms with Gasteiger partial charge in [0.2, 0.25) is 5.95 Å². The lowest BCUT2D eigenvalue weighted by molar-refractivity contribution is -0.141. The molecule has 2 aromatic rings. The molecular formula is C22H28F3N5. The van der Waals surface area contributed by atoms with E-state index in [0.29, 0.717) is 36.3 Å². The molecule has 0 radical (unpaired) electrons. The molecule has 1 atom stereocenters. The van der Waals surface area contributed by atoms with Crippen molar-refractivity contribution in [1.82, 2.24) is 15.0 Å². The monoisotopic (exact) mass is 419 g/mol. The van der Waals surface area contributed by atoms with Crippen LogP contribution in [0.15, 0.2) is 30.4 Å². The number of hydrogen-bond donors (Lipinski definition) is 2. The summed E-state index contributed by atoms with van der Waals surface area (Å²) >= 11 is 0. The van der Waals surface area contributed by atoms with E-state index >= 15 is 0 Å². The molecule has 0 saturated heterocycles. The van der Waals surface area contributed by atoms with Crippen LogP contribution >= 0.6 is 0 Å². The molecule has 0 amide bonds. The highest BCUT2D eigenvalue weighted by Crippen LogP contribution is 2.35. The SMILES string of the molecule is CC=CCCNc1nc(NC(C)C2CC2)nc(-c2cccc(C(F)(F)F)n2)c1CC. The summed E-state index contributed by atoms with van der Waals surface area (Å²) in [4.78, 5) is 13.1. The molecule has 0 aliphatic heterocycles. The first-order valence-electron chi connectivity index (χ1n) is 10.4. The Bertz CT molecular complexity index is 891. The molecule has 1 aliphatic carbocycles. The number of nitrogens with one attached hydrogen (secondary N) is 2. The van der Waals surface area contributed by atoms with Gasteiger partial charge in [-0.2, -0.15) is 18.2 Å². The molecule has 5 nitrogen and oxygen atoms in total. The van der Waals surface area contributed by atoms with Crippen molar-refractivity contribution in [2.24, 2.45) is 5.92 Å². The summed E-state index contributed by atoms with van der Waals surface area (Å²) in [6, 6.07) is 4.11. The average molecular weight is 419 g/mol. The van der Waals surface area contributed by atoms with Crippen molar-refractivity contribution in [3.8, 4) is 11.4 Å². The van der Waals surface area contributed by atoms with Crippen molar-refractivity contribution in [3.63, 3.8) is 0 Å². The van der Waals surface area contributed by atoms with Crippen molar-refractivity contribution in [2.75, 3.05) is 17.2 Å². The number of pyridine rings is 1. The molecule has 2 N–H and O–H groups in total. The van der Waals surface area contributed by atoms with E-state index in [-0.39, 0.29) is 11.7 Å². The summed E-state index contributed by atoms with van der Waals surface area (Å²) in [6.45, 7) is 6.64. The van der Waals surface area contributed by atoms with E-state index in [0.717, 1.165) is 30.9 Å². The van der Waals surface area contributed by atoms with Gasteiger partial charge in [0.15, 0.2) is 0 Å². The number of hydrogen-bond acceptors (Lipinski definition) is 5. The Labute approximate surface area is 175 Å². The summed E-state index contributed by atoms with van der Waals surface area (Å²) in [6.07, 6.45) is 3.23. The quantitative estimate of drug-likeness (QED) is 0.403. The number of allylic oxidation sites excluding steroid dienone is 1. The van der Waals surface area contributed by atoms with Gasteiger partial charge in [-0.05, 0) is 57.6 Å². The number of anilines is 2. The first-order chi connectivity index (χ1) is 14.3. The molecule has 8 heteroatoms. The van der Waals surface area contributed by atoms with Crippen LogP contribution in [0.1, 0.15) is 51.3 Å². The van der Waals surface area contributed by atoms with Crippen LogP contribution in [0.3, 0.4) is 0 Å². The topological polar surface area (TPSA) is 62.7 Å². The first kappa shape index (κ1) is 22.1. The highest BCUT2D eigenvalue weighted by atomic mass is 19.4. The zero-order chi connectivity index (χ0) is 21.7. The van der Waals surface area contributed by atoms with Crippen LogP contribution in [-0.2, 0) is 12.6 Å². The zero-order valence-corrected chi connectivity index (χ0v) is 17.6. The van der Waals surface area contributed by atoms with Crippen molar-refractivity contribution in [1.29, 1.82) is 0 Å². The fourth-order valence-corrected chi connectivity index (χ4v) is 3.32. The predicted octanol–water partition coefficient (Wildman–Crippen LogP) is 5.71. The molecule has 162 valence electrons. The Morgan fingerprint density at radius 2 is 1.97 bits per heavy atom. The minimum Gasteiger partial charge on any atom is -0.369 e. The molecule has 0 spiro atoms. The van der Waals surface area contributed by atoms with Crippen LogP contribution in [0.2, 0.25) is 0 Å². The Hall–Kier alpha value is -2.64. The van der Waals surface area contributed by atoms with Gasteiger partial charge < -0.3 is 10.6 Å². The van der Waals surface area contributed by atoms with E-state index in [4.69, 9.17) is 0 Å². The van der Waals surface area contributed by atoms with Crippen LogP contribution in [0.25, 0.3) is 11.4 Å². The van der Waals surface area contributed by atoms with Gasteiger partial charge in [-0.15, -0.1) is 0 Å². The molecule has 2 heterocycles. The average Bonchev–Trinajstić information content (AvgIpc) is 3.56. The zero-order valence-electron chi connectivity index (χ0n) is 17.6. The van der Waals surface area contributed by atoms with E-state index in [2.05, 4.69) is 32.5 Å². The second-order valence-corrected chi connectivity index (χ2v) is 7.54. The Morgan fingerprint density at radius 1 is 1.20 bits per heavy atom. The van der Waals surface area contributed by atoms with E-state index in [1.54, 1.807) is 6.07 Å². The number of halogens is 3. The second-order valence-electron chi connectivity index (χ2n) is 7.54. The number of aromatic nitrogens is 3. The fourth-order valence-electron chi connectivity index (χ4n) is 3.32. The maximum absolute atomic E-state index is 13.2. The smallest absolute Gasteiger partial charge is 0.369 e. The van der Waals surface area contributed by atoms with Crippen LogP contribution in [0, 0.1) is 5.92 Å². The van der Waals surface area contributed by atoms with Crippen LogP contribution < -0.4 is 10.6 Å². The van der Waals surface area contributed by atoms with E-state index in [1.807, 2.05) is 26.0 Å². The molecule has 30 heavy (non-hydrogen) atoms. The summed E-state index contributed by atoms with van der Waals surface area (Å²) in [5.74, 6) is 1.63. The lowest BCUT2D eigenvalue weighted by Gasteiger charge is -2.18. The van der Waals surface area contributed by atoms with Crippen molar-refractivity contribution < 1.29 is 13.2 Å². The number of rotatable bonds is 9. The Kier molecular flexibility index (Phi) is 6.95. The summed E-state index contributed by atoms with van der Waals surface area (Å²) in [5.41, 5.74) is 0.455. The van der Waals surface area contributed by atoms with Crippen LogP contribution in [0.4, 0.5) is 24.9 Å². The minimum atomic E-state index is -4.51. The third kappa shape index (κ3) is 5.49. The van der Waals surface area contributed by atoms with Gasteiger partial charge in [-0.1, -0.05) is 25.1 Å². The van der Waals surface area contributed by atoms with Gasteiger partial charge in [-0.25, -0.2) is 9.97 Å². The normalized spacial score (nSPS) is 15.4. The maximum atomic E-state index is 13.2. The van der Waals surface area contributed by atoms with Crippen LogP contribution in [0.5, 0.6) is 0 Å². The maximum Gasteiger partial charge on any atom is 0.433 e. The largest absolute Gasteiger partial charge is 0.433 e. The lowest BCUT2D eigenvalue weighted by Crippen LogP contribution is -2.20. The Morgan fingerprint density at radius 3 is 2.60 bits per heavy atom. The summed E-state index contributed by atoms with van der Waals surface area (Å²) in [7, 11) is 0. The van der Waals surface area contributed by atoms with E-state index in [1.165, 1.54) is 6.07 Å². The molecule has 0 bridgehead atoms. The number of nitrogens with zero attached hydrogens (tertiary/aromatic N) is 3. The van der Waals surface area contributed by atoms with Gasteiger partial charge >= 0.3 is 6.18 Å². The Balaban J connectivity index is 2.02. The minimum absolute atomic E-state index is 0.197. The number of alkyl halides is 3. The molecule has 1 fully saturated rings. The van der Waals surface area contributed by atoms with Crippen molar-refractivity contribution in [2.45, 2.75) is 58.7 Å². The molecule has 1 unspecified atom stereocenters. The van der Waals surface area contributed by atoms with Gasteiger partial charge in [0.05, 0.1) is 11.4 Å². The highest BCUT2D eigenvalue weighted by molar-refractivity contribution is 5.68. The predicted molar refractivity (Wildman–Crippen MR) is 113 cm³/mol. The van der Waals surface area contributed by atoms with Gasteiger partial charge in [0.25, 0.3) is 0 Å². The van der Waals surface area contributed by atoms with Crippen molar-refractivity contribution >= 4 is 11.8 Å².